The molecule has 98 valence electrons. The van der Waals surface area contributed by atoms with Crippen molar-refractivity contribution < 1.29 is 14.3 Å². The van der Waals surface area contributed by atoms with Gasteiger partial charge < -0.3 is 9.47 Å². The highest BCUT2D eigenvalue weighted by Gasteiger charge is 2.46. The first kappa shape index (κ1) is 13.3. The Balaban J connectivity index is 2.18. The molecule has 0 amide bonds. The van der Waals surface area contributed by atoms with Crippen LogP contribution in [0.1, 0.15) is 24.8 Å². The van der Waals surface area contributed by atoms with Crippen LogP contribution in [-0.4, -0.2) is 24.9 Å². The fourth-order valence-corrected chi connectivity index (χ4v) is 3.65. The number of ether oxygens (including phenoxy) is 2. The second-order valence-electron chi connectivity index (χ2n) is 4.57. The van der Waals surface area contributed by atoms with E-state index in [-0.39, 0.29) is 10.7 Å². The predicted octanol–water partition coefficient (Wildman–Crippen LogP) is 3.19. The zero-order valence-corrected chi connectivity index (χ0v) is 11.8. The molecule has 1 saturated carbocycles. The van der Waals surface area contributed by atoms with Gasteiger partial charge in [-0.25, -0.2) is 0 Å². The quantitative estimate of drug-likeness (QED) is 0.784. The van der Waals surface area contributed by atoms with Crippen LogP contribution in [0.15, 0.2) is 23.1 Å². The van der Waals surface area contributed by atoms with E-state index in [9.17, 15) is 4.79 Å². The Morgan fingerprint density at radius 2 is 2.06 bits per heavy atom. The van der Waals surface area contributed by atoms with Crippen molar-refractivity contribution in [3.63, 3.8) is 0 Å². The minimum Gasteiger partial charge on any atom is -0.496 e. The number of carbonyl (C=O) groups is 1. The van der Waals surface area contributed by atoms with Gasteiger partial charge in [-0.2, -0.15) is 0 Å². The van der Waals surface area contributed by atoms with E-state index in [1.54, 1.807) is 18.9 Å². The van der Waals surface area contributed by atoms with E-state index >= 15 is 0 Å². The van der Waals surface area contributed by atoms with Crippen molar-refractivity contribution in [2.75, 3.05) is 14.2 Å². The number of esters is 1. The van der Waals surface area contributed by atoms with Crippen LogP contribution in [0, 0.1) is 6.92 Å². The van der Waals surface area contributed by atoms with Crippen molar-refractivity contribution in [1.82, 2.24) is 0 Å². The van der Waals surface area contributed by atoms with E-state index < -0.39 is 0 Å². The summed E-state index contributed by atoms with van der Waals surface area (Å²) in [5.74, 6) is 0.771. The molecule has 1 aliphatic carbocycles. The smallest absolute Gasteiger partial charge is 0.322 e. The first-order valence-corrected chi connectivity index (χ1v) is 6.85. The average Bonchev–Trinajstić information content (AvgIpc) is 2.33. The molecule has 1 fully saturated rings. The Bertz CT molecular complexity index is 452. The van der Waals surface area contributed by atoms with E-state index in [1.807, 2.05) is 19.1 Å². The Hall–Kier alpha value is -1.16. The van der Waals surface area contributed by atoms with Crippen LogP contribution in [0.5, 0.6) is 5.75 Å². The van der Waals surface area contributed by atoms with Crippen molar-refractivity contribution in [3.05, 3.63) is 23.8 Å². The molecule has 1 aromatic carbocycles. The van der Waals surface area contributed by atoms with Gasteiger partial charge in [0.05, 0.1) is 14.2 Å². The molecule has 0 radical (unpaired) electrons. The number of methoxy groups -OCH3 is 2. The Kier molecular flexibility index (Phi) is 3.85. The molecule has 4 heteroatoms. The molecule has 2 rings (SSSR count). The van der Waals surface area contributed by atoms with Gasteiger partial charge in [-0.05, 0) is 49.9 Å². The molecule has 3 nitrogen and oxygen atoms in total. The lowest BCUT2D eigenvalue weighted by atomic mass is 9.84. The van der Waals surface area contributed by atoms with Gasteiger partial charge in [-0.3, -0.25) is 4.79 Å². The van der Waals surface area contributed by atoms with Crippen LogP contribution in [0.25, 0.3) is 0 Å². The lowest BCUT2D eigenvalue weighted by Gasteiger charge is -2.38. The third kappa shape index (κ3) is 2.34. The molecule has 18 heavy (non-hydrogen) atoms. The summed E-state index contributed by atoms with van der Waals surface area (Å²) in [4.78, 5) is 13.0. The van der Waals surface area contributed by atoms with Gasteiger partial charge in [0.25, 0.3) is 0 Å². The first-order chi connectivity index (χ1) is 8.61. The maximum atomic E-state index is 11.9. The van der Waals surface area contributed by atoms with E-state index in [4.69, 9.17) is 9.47 Å². The van der Waals surface area contributed by atoms with Gasteiger partial charge in [0.1, 0.15) is 10.5 Å². The molecule has 0 N–H and O–H groups in total. The largest absolute Gasteiger partial charge is 0.496 e. The topological polar surface area (TPSA) is 35.5 Å². The predicted molar refractivity (Wildman–Crippen MR) is 72.2 cm³/mol. The fraction of sp³-hybridized carbons (Fsp3) is 0.500. The average molecular weight is 266 g/mol. The van der Waals surface area contributed by atoms with E-state index in [0.717, 1.165) is 35.5 Å². The third-order valence-electron chi connectivity index (χ3n) is 3.40. The molecule has 0 bridgehead atoms. The Morgan fingerprint density at radius 3 is 2.50 bits per heavy atom. The monoisotopic (exact) mass is 266 g/mol. The Morgan fingerprint density at radius 1 is 1.33 bits per heavy atom. The zero-order chi connectivity index (χ0) is 13.2. The fourth-order valence-electron chi connectivity index (χ4n) is 2.17. The number of rotatable bonds is 4. The Labute approximate surface area is 112 Å². The van der Waals surface area contributed by atoms with Gasteiger partial charge in [-0.1, -0.05) is 0 Å². The molecule has 0 saturated heterocycles. The summed E-state index contributed by atoms with van der Waals surface area (Å²) in [6.07, 6.45) is 2.89. The summed E-state index contributed by atoms with van der Waals surface area (Å²) in [6.45, 7) is 2.01. The van der Waals surface area contributed by atoms with Crippen LogP contribution < -0.4 is 4.74 Å². The molecule has 0 unspecified atom stereocenters. The summed E-state index contributed by atoms with van der Waals surface area (Å²) >= 11 is 1.61. The summed E-state index contributed by atoms with van der Waals surface area (Å²) < 4.78 is 9.79. The lowest BCUT2D eigenvalue weighted by Crippen LogP contribution is -2.42. The SMILES string of the molecule is COC(=O)C1(Sc2ccc(OC)c(C)c2)CCC1. The van der Waals surface area contributed by atoms with Crippen LogP contribution in [0.4, 0.5) is 0 Å². The van der Waals surface area contributed by atoms with Gasteiger partial charge in [-0.15, -0.1) is 11.8 Å². The lowest BCUT2D eigenvalue weighted by molar-refractivity contribution is -0.145. The van der Waals surface area contributed by atoms with E-state index in [1.165, 1.54) is 7.11 Å². The number of carbonyl (C=O) groups excluding carboxylic acids is 1. The molecule has 0 aliphatic heterocycles. The second kappa shape index (κ2) is 5.22. The highest BCUT2D eigenvalue weighted by molar-refractivity contribution is 8.01. The number of benzene rings is 1. The number of aryl methyl sites for hydroxylation is 1. The van der Waals surface area contributed by atoms with Gasteiger partial charge in [0, 0.05) is 4.90 Å². The molecular formula is C14H18O3S. The normalized spacial score (nSPS) is 16.8. The third-order valence-corrected chi connectivity index (χ3v) is 4.85. The number of hydrogen-bond acceptors (Lipinski definition) is 4. The van der Waals surface area contributed by atoms with Crippen molar-refractivity contribution in [2.24, 2.45) is 0 Å². The molecule has 0 atom stereocenters. The second-order valence-corrected chi connectivity index (χ2v) is 6.03. The maximum absolute atomic E-state index is 11.9. The van der Waals surface area contributed by atoms with E-state index in [0.29, 0.717) is 0 Å². The minimum atomic E-state index is -0.365. The van der Waals surface area contributed by atoms with Gasteiger partial charge in [0.15, 0.2) is 0 Å². The highest BCUT2D eigenvalue weighted by atomic mass is 32.2. The summed E-state index contributed by atoms with van der Waals surface area (Å²) in [6, 6.07) is 6.01. The molecule has 0 spiro atoms. The zero-order valence-electron chi connectivity index (χ0n) is 11.0. The van der Waals surface area contributed by atoms with Crippen LogP contribution in [0.3, 0.4) is 0 Å². The first-order valence-electron chi connectivity index (χ1n) is 6.03. The standard InChI is InChI=1S/C14H18O3S/c1-10-9-11(5-6-12(10)16-2)18-14(7-4-8-14)13(15)17-3/h5-6,9H,4,7-8H2,1-3H3. The number of hydrogen-bond donors (Lipinski definition) is 0. The summed E-state index contributed by atoms with van der Waals surface area (Å²) in [5.41, 5.74) is 1.09. The maximum Gasteiger partial charge on any atom is 0.322 e. The molecular weight excluding hydrogens is 248 g/mol. The van der Waals surface area contributed by atoms with Gasteiger partial charge in [0.2, 0.25) is 0 Å². The molecule has 0 heterocycles. The highest BCUT2D eigenvalue weighted by Crippen LogP contribution is 2.48. The molecule has 1 aliphatic rings. The minimum absolute atomic E-state index is 0.104. The van der Waals surface area contributed by atoms with Crippen molar-refractivity contribution in [3.8, 4) is 5.75 Å². The number of thioether (sulfide) groups is 1. The van der Waals surface area contributed by atoms with Crippen LogP contribution in [-0.2, 0) is 9.53 Å². The summed E-state index contributed by atoms with van der Waals surface area (Å²) in [7, 11) is 3.12. The summed E-state index contributed by atoms with van der Waals surface area (Å²) in [5, 5.41) is 0. The molecule has 1 aromatic rings. The van der Waals surface area contributed by atoms with Crippen molar-refractivity contribution in [1.29, 1.82) is 0 Å². The van der Waals surface area contributed by atoms with Crippen LogP contribution >= 0.6 is 11.8 Å². The van der Waals surface area contributed by atoms with Crippen molar-refractivity contribution in [2.45, 2.75) is 35.8 Å². The van der Waals surface area contributed by atoms with Crippen LogP contribution in [0.2, 0.25) is 0 Å². The van der Waals surface area contributed by atoms with Gasteiger partial charge >= 0.3 is 5.97 Å². The molecule has 0 aromatic heterocycles. The van der Waals surface area contributed by atoms with E-state index in [2.05, 4.69) is 6.07 Å². The van der Waals surface area contributed by atoms with Crippen molar-refractivity contribution >= 4 is 17.7 Å².